The minimum absolute atomic E-state index is 0.00498. The Morgan fingerprint density at radius 1 is 1.38 bits per heavy atom. The highest BCUT2D eigenvalue weighted by atomic mass is 19.4. The summed E-state index contributed by atoms with van der Waals surface area (Å²) >= 11 is 0. The Morgan fingerprint density at radius 2 is 1.94 bits per heavy atom. The summed E-state index contributed by atoms with van der Waals surface area (Å²) in [5.41, 5.74) is 4.42. The van der Waals surface area contributed by atoms with Gasteiger partial charge in [0.25, 0.3) is 0 Å². The first-order chi connectivity index (χ1) is 7.32. The van der Waals surface area contributed by atoms with E-state index in [4.69, 9.17) is 5.73 Å². The lowest BCUT2D eigenvalue weighted by molar-refractivity contribution is -0.138. The van der Waals surface area contributed by atoms with E-state index >= 15 is 0 Å². The van der Waals surface area contributed by atoms with Gasteiger partial charge in [-0.25, -0.2) is 0 Å². The van der Waals surface area contributed by atoms with Gasteiger partial charge in [-0.15, -0.1) is 0 Å². The molecule has 0 aromatic heterocycles. The molecule has 16 heavy (non-hydrogen) atoms. The molecule has 0 bridgehead atoms. The number of nitrogens with two attached hydrogens (primary N) is 1. The van der Waals surface area contributed by atoms with Gasteiger partial charge >= 0.3 is 6.18 Å². The summed E-state index contributed by atoms with van der Waals surface area (Å²) in [7, 11) is 0. The number of primary amides is 1. The molecular weight excluding hydrogens is 219 g/mol. The minimum Gasteiger partial charge on any atom is -0.369 e. The smallest absolute Gasteiger partial charge is 0.369 e. The first-order valence-electron chi connectivity index (χ1n) is 4.76. The zero-order chi connectivity index (χ0) is 12.3. The van der Waals surface area contributed by atoms with Gasteiger partial charge in [0.05, 0.1) is 5.56 Å². The van der Waals surface area contributed by atoms with Gasteiger partial charge in [0.1, 0.15) is 0 Å². The van der Waals surface area contributed by atoms with Crippen LogP contribution in [-0.4, -0.2) is 5.91 Å². The standard InChI is InChI=1S/C11H12F3NO/c1-7(10(15)16)6-8-4-2-3-5-9(8)11(12,13)14/h2-5,7H,6H2,1H3,(H2,15,16). The predicted octanol–water partition coefficient (Wildman–Crippen LogP) is 2.37. The third-order valence-corrected chi connectivity index (χ3v) is 2.33. The maximum absolute atomic E-state index is 12.6. The van der Waals surface area contributed by atoms with Crippen molar-refractivity contribution in [3.05, 3.63) is 35.4 Å². The number of carbonyl (C=O) groups is 1. The number of hydrogen-bond donors (Lipinski definition) is 1. The Bertz CT molecular complexity index is 387. The molecule has 2 nitrogen and oxygen atoms in total. The van der Waals surface area contributed by atoms with E-state index in [1.165, 1.54) is 25.1 Å². The topological polar surface area (TPSA) is 43.1 Å². The number of alkyl halides is 3. The molecule has 0 radical (unpaired) electrons. The van der Waals surface area contributed by atoms with Gasteiger partial charge in [-0.1, -0.05) is 25.1 Å². The zero-order valence-electron chi connectivity index (χ0n) is 8.71. The van der Waals surface area contributed by atoms with E-state index in [9.17, 15) is 18.0 Å². The van der Waals surface area contributed by atoms with Crippen molar-refractivity contribution in [2.45, 2.75) is 19.5 Å². The molecule has 1 unspecified atom stereocenters. The molecule has 0 saturated heterocycles. The van der Waals surface area contributed by atoms with Gasteiger partial charge in [-0.3, -0.25) is 4.79 Å². The molecule has 5 heteroatoms. The van der Waals surface area contributed by atoms with Crippen LogP contribution in [0.3, 0.4) is 0 Å². The van der Waals surface area contributed by atoms with Gasteiger partial charge in [0.15, 0.2) is 0 Å². The van der Waals surface area contributed by atoms with Crippen LogP contribution in [0.4, 0.5) is 13.2 Å². The first-order valence-corrected chi connectivity index (χ1v) is 4.76. The van der Waals surface area contributed by atoms with Crippen molar-refractivity contribution in [3.8, 4) is 0 Å². The fourth-order valence-corrected chi connectivity index (χ4v) is 1.41. The van der Waals surface area contributed by atoms with Gasteiger partial charge in [-0.05, 0) is 18.1 Å². The summed E-state index contributed by atoms with van der Waals surface area (Å²) in [4.78, 5) is 10.8. The lowest BCUT2D eigenvalue weighted by Crippen LogP contribution is -2.23. The molecule has 88 valence electrons. The van der Waals surface area contributed by atoms with Crippen molar-refractivity contribution in [1.82, 2.24) is 0 Å². The van der Waals surface area contributed by atoms with Crippen molar-refractivity contribution < 1.29 is 18.0 Å². The first kappa shape index (κ1) is 12.5. The van der Waals surface area contributed by atoms with E-state index < -0.39 is 23.6 Å². The average molecular weight is 231 g/mol. The highest BCUT2D eigenvalue weighted by molar-refractivity contribution is 5.76. The van der Waals surface area contributed by atoms with Crippen LogP contribution in [0.2, 0.25) is 0 Å². The third-order valence-electron chi connectivity index (χ3n) is 2.33. The van der Waals surface area contributed by atoms with Gasteiger partial charge in [-0.2, -0.15) is 13.2 Å². The Hall–Kier alpha value is -1.52. The Labute approximate surface area is 91.3 Å². The van der Waals surface area contributed by atoms with Crippen LogP contribution in [-0.2, 0) is 17.4 Å². The fraction of sp³-hybridized carbons (Fsp3) is 0.364. The highest BCUT2D eigenvalue weighted by Gasteiger charge is 2.33. The molecular formula is C11H12F3NO. The molecule has 0 fully saturated rings. The minimum atomic E-state index is -4.39. The monoisotopic (exact) mass is 231 g/mol. The van der Waals surface area contributed by atoms with Gasteiger partial charge in [0, 0.05) is 5.92 Å². The maximum Gasteiger partial charge on any atom is 0.416 e. The fourth-order valence-electron chi connectivity index (χ4n) is 1.41. The molecule has 0 aliphatic carbocycles. The quantitative estimate of drug-likeness (QED) is 0.852. The predicted molar refractivity (Wildman–Crippen MR) is 53.5 cm³/mol. The van der Waals surface area contributed by atoms with E-state index in [1.807, 2.05) is 0 Å². The highest BCUT2D eigenvalue weighted by Crippen LogP contribution is 2.32. The van der Waals surface area contributed by atoms with E-state index in [0.29, 0.717) is 0 Å². The Balaban J connectivity index is 3.01. The number of carbonyl (C=O) groups excluding carboxylic acids is 1. The molecule has 1 rings (SSSR count). The van der Waals surface area contributed by atoms with Crippen molar-refractivity contribution >= 4 is 5.91 Å². The number of benzene rings is 1. The Morgan fingerprint density at radius 3 is 2.44 bits per heavy atom. The zero-order valence-corrected chi connectivity index (χ0v) is 8.71. The van der Waals surface area contributed by atoms with E-state index in [0.717, 1.165) is 6.07 Å². The number of amides is 1. The third kappa shape index (κ3) is 2.98. The summed E-state index contributed by atoms with van der Waals surface area (Å²) in [6, 6.07) is 5.20. The maximum atomic E-state index is 12.6. The van der Waals surface area contributed by atoms with Crippen molar-refractivity contribution in [1.29, 1.82) is 0 Å². The molecule has 1 aromatic rings. The molecule has 0 aliphatic rings. The van der Waals surface area contributed by atoms with E-state index in [1.54, 1.807) is 0 Å². The van der Waals surface area contributed by atoms with E-state index in [2.05, 4.69) is 0 Å². The van der Waals surface area contributed by atoms with Crippen molar-refractivity contribution in [2.75, 3.05) is 0 Å². The van der Waals surface area contributed by atoms with Gasteiger partial charge in [0.2, 0.25) is 5.91 Å². The molecule has 2 N–H and O–H groups in total. The molecule has 0 spiro atoms. The van der Waals surface area contributed by atoms with Crippen molar-refractivity contribution in [2.24, 2.45) is 11.7 Å². The van der Waals surface area contributed by atoms with Crippen LogP contribution < -0.4 is 5.73 Å². The number of halogens is 3. The second-order valence-corrected chi connectivity index (χ2v) is 3.66. The summed E-state index contributed by atoms with van der Waals surface area (Å²) < 4.78 is 37.8. The van der Waals surface area contributed by atoms with Crippen LogP contribution in [0.5, 0.6) is 0 Å². The number of rotatable bonds is 3. The molecule has 0 aliphatic heterocycles. The number of hydrogen-bond acceptors (Lipinski definition) is 1. The second kappa shape index (κ2) is 4.55. The summed E-state index contributed by atoms with van der Waals surface area (Å²) in [5.74, 6) is -1.21. The second-order valence-electron chi connectivity index (χ2n) is 3.66. The molecule has 1 amide bonds. The van der Waals surface area contributed by atoms with Crippen LogP contribution >= 0.6 is 0 Å². The van der Waals surface area contributed by atoms with E-state index in [-0.39, 0.29) is 12.0 Å². The van der Waals surface area contributed by atoms with Crippen LogP contribution in [0, 0.1) is 5.92 Å². The largest absolute Gasteiger partial charge is 0.416 e. The van der Waals surface area contributed by atoms with Crippen LogP contribution in [0.25, 0.3) is 0 Å². The molecule has 0 heterocycles. The summed E-state index contributed by atoms with van der Waals surface area (Å²) in [6.45, 7) is 1.51. The SMILES string of the molecule is CC(Cc1ccccc1C(F)(F)F)C(N)=O. The molecule has 1 aromatic carbocycles. The average Bonchev–Trinajstić information content (AvgIpc) is 2.16. The summed E-state index contributed by atoms with van der Waals surface area (Å²) in [5, 5.41) is 0. The Kier molecular flexibility index (Phi) is 3.57. The van der Waals surface area contributed by atoms with Crippen molar-refractivity contribution in [3.63, 3.8) is 0 Å². The molecule has 1 atom stereocenters. The van der Waals surface area contributed by atoms with Crippen LogP contribution in [0.1, 0.15) is 18.1 Å². The lowest BCUT2D eigenvalue weighted by atomic mass is 9.96. The normalized spacial score (nSPS) is 13.5. The molecule has 0 saturated carbocycles. The summed E-state index contributed by atoms with van der Waals surface area (Å²) in [6.07, 6.45) is -4.39. The lowest BCUT2D eigenvalue weighted by Gasteiger charge is -2.14. The van der Waals surface area contributed by atoms with Crippen LogP contribution in [0.15, 0.2) is 24.3 Å². The van der Waals surface area contributed by atoms with Gasteiger partial charge < -0.3 is 5.73 Å².